The number of fused-ring (bicyclic) bond motifs is 1. The molecule has 6 heteroatoms. The van der Waals surface area contributed by atoms with Crippen LogP contribution in [0.4, 0.5) is 4.39 Å². The van der Waals surface area contributed by atoms with Gasteiger partial charge in [0, 0.05) is 23.9 Å². The Labute approximate surface area is 156 Å². The Bertz CT molecular complexity index is 1070. The third-order valence-electron chi connectivity index (χ3n) is 4.57. The normalized spacial score (nSPS) is 11.2. The molecule has 27 heavy (non-hydrogen) atoms. The van der Waals surface area contributed by atoms with Gasteiger partial charge in [0.15, 0.2) is 5.65 Å². The lowest BCUT2D eigenvalue weighted by Crippen LogP contribution is -2.18. The summed E-state index contributed by atoms with van der Waals surface area (Å²) in [6.07, 6.45) is 2.57. The van der Waals surface area contributed by atoms with E-state index in [0.717, 1.165) is 22.3 Å². The van der Waals surface area contributed by atoms with Crippen molar-refractivity contribution in [3.8, 4) is 11.1 Å². The number of aryl methyl sites for hydroxylation is 1. The minimum Gasteiger partial charge on any atom is -0.312 e. The third-order valence-corrected chi connectivity index (χ3v) is 4.57. The van der Waals surface area contributed by atoms with Gasteiger partial charge in [-0.3, -0.25) is 0 Å². The molecule has 0 aliphatic rings. The van der Waals surface area contributed by atoms with Crippen LogP contribution in [0.1, 0.15) is 16.7 Å². The molecule has 0 spiro atoms. The first kappa shape index (κ1) is 17.3. The van der Waals surface area contributed by atoms with Crippen LogP contribution >= 0.6 is 0 Å². The van der Waals surface area contributed by atoms with Crippen LogP contribution in [0, 0.1) is 12.7 Å². The standard InChI is InChI=1S/C21H20FN5/c1-15-5-4-7-17(11-15)19-12-18(21-24-25-26-27(21)14-19)13-23-10-9-16-6-2-3-8-20(16)22/h2-8,11-12,14,23H,9-10,13H2,1H3. The molecule has 136 valence electrons. The molecular weight excluding hydrogens is 341 g/mol. The molecule has 0 unspecified atom stereocenters. The average Bonchev–Trinajstić information content (AvgIpc) is 3.15. The van der Waals surface area contributed by atoms with E-state index in [2.05, 4.69) is 52.0 Å². The molecule has 0 saturated heterocycles. The molecule has 0 amide bonds. The van der Waals surface area contributed by atoms with E-state index in [1.54, 1.807) is 10.6 Å². The van der Waals surface area contributed by atoms with Crippen molar-refractivity contribution in [3.05, 3.63) is 83.3 Å². The first-order chi connectivity index (χ1) is 13.2. The van der Waals surface area contributed by atoms with E-state index in [0.29, 0.717) is 25.1 Å². The number of halogens is 1. The number of aromatic nitrogens is 4. The molecule has 1 N–H and O–H groups in total. The lowest BCUT2D eigenvalue weighted by atomic mass is 10.0. The lowest BCUT2D eigenvalue weighted by molar-refractivity contribution is 0.598. The predicted octanol–water partition coefficient (Wildman–Crippen LogP) is 3.57. The highest BCUT2D eigenvalue weighted by Crippen LogP contribution is 2.23. The highest BCUT2D eigenvalue weighted by molar-refractivity contribution is 5.67. The highest BCUT2D eigenvalue weighted by Gasteiger charge is 2.09. The van der Waals surface area contributed by atoms with Crippen molar-refractivity contribution in [1.29, 1.82) is 0 Å². The number of rotatable bonds is 6. The van der Waals surface area contributed by atoms with Crippen molar-refractivity contribution >= 4 is 5.65 Å². The number of nitrogens with zero attached hydrogens (tertiary/aromatic N) is 4. The Balaban J connectivity index is 1.52. The molecule has 2 heterocycles. The second-order valence-electron chi connectivity index (χ2n) is 6.59. The quantitative estimate of drug-likeness (QED) is 0.534. The number of nitrogens with one attached hydrogen (secondary N) is 1. The zero-order valence-corrected chi connectivity index (χ0v) is 15.1. The Morgan fingerprint density at radius 3 is 2.74 bits per heavy atom. The molecule has 0 aliphatic carbocycles. The van der Waals surface area contributed by atoms with E-state index >= 15 is 0 Å². The molecule has 0 radical (unpaired) electrons. The molecule has 2 aromatic heterocycles. The highest BCUT2D eigenvalue weighted by atomic mass is 19.1. The fourth-order valence-corrected chi connectivity index (χ4v) is 3.17. The van der Waals surface area contributed by atoms with Gasteiger partial charge in [-0.2, -0.15) is 4.52 Å². The van der Waals surface area contributed by atoms with Gasteiger partial charge < -0.3 is 5.32 Å². The molecule has 0 bridgehead atoms. The maximum absolute atomic E-state index is 13.7. The minimum absolute atomic E-state index is 0.162. The summed E-state index contributed by atoms with van der Waals surface area (Å²) in [6.45, 7) is 3.35. The Kier molecular flexibility index (Phi) is 4.89. The molecular formula is C21H20FN5. The predicted molar refractivity (Wildman–Crippen MR) is 103 cm³/mol. The zero-order valence-electron chi connectivity index (χ0n) is 15.1. The van der Waals surface area contributed by atoms with Crippen molar-refractivity contribution in [2.24, 2.45) is 0 Å². The Morgan fingerprint density at radius 1 is 1.00 bits per heavy atom. The summed E-state index contributed by atoms with van der Waals surface area (Å²) in [5.74, 6) is -0.162. The summed E-state index contributed by atoms with van der Waals surface area (Å²) >= 11 is 0. The van der Waals surface area contributed by atoms with Crippen molar-refractivity contribution in [2.45, 2.75) is 19.9 Å². The van der Waals surface area contributed by atoms with Gasteiger partial charge in [0.2, 0.25) is 0 Å². The van der Waals surface area contributed by atoms with E-state index in [9.17, 15) is 4.39 Å². The number of hydrogen-bond acceptors (Lipinski definition) is 4. The van der Waals surface area contributed by atoms with Crippen molar-refractivity contribution in [1.82, 2.24) is 25.4 Å². The topological polar surface area (TPSA) is 55.1 Å². The van der Waals surface area contributed by atoms with Gasteiger partial charge in [-0.05, 0) is 53.6 Å². The van der Waals surface area contributed by atoms with Gasteiger partial charge in [-0.15, -0.1) is 5.10 Å². The molecule has 0 fully saturated rings. The summed E-state index contributed by atoms with van der Waals surface area (Å²) < 4.78 is 15.4. The van der Waals surface area contributed by atoms with Gasteiger partial charge in [0.25, 0.3) is 0 Å². The van der Waals surface area contributed by atoms with Crippen molar-refractivity contribution in [3.63, 3.8) is 0 Å². The molecule has 4 rings (SSSR count). The summed E-state index contributed by atoms with van der Waals surface area (Å²) in [6, 6.07) is 17.3. The average molecular weight is 361 g/mol. The largest absolute Gasteiger partial charge is 0.312 e. The summed E-state index contributed by atoms with van der Waals surface area (Å²) in [4.78, 5) is 0. The first-order valence-corrected chi connectivity index (χ1v) is 8.92. The minimum atomic E-state index is -0.162. The van der Waals surface area contributed by atoms with E-state index in [4.69, 9.17) is 0 Å². The van der Waals surface area contributed by atoms with Gasteiger partial charge in [-0.25, -0.2) is 4.39 Å². The lowest BCUT2D eigenvalue weighted by Gasteiger charge is -2.09. The van der Waals surface area contributed by atoms with Crippen LogP contribution in [0.3, 0.4) is 0 Å². The monoisotopic (exact) mass is 361 g/mol. The molecule has 5 nitrogen and oxygen atoms in total. The van der Waals surface area contributed by atoms with E-state index in [1.165, 1.54) is 11.6 Å². The van der Waals surface area contributed by atoms with Gasteiger partial charge in [0.1, 0.15) is 5.82 Å². The van der Waals surface area contributed by atoms with Gasteiger partial charge in [0.05, 0.1) is 0 Å². The maximum atomic E-state index is 13.7. The van der Waals surface area contributed by atoms with E-state index in [1.807, 2.05) is 24.4 Å². The van der Waals surface area contributed by atoms with Crippen LogP contribution in [0.25, 0.3) is 16.8 Å². The SMILES string of the molecule is Cc1cccc(-c2cc(CNCCc3ccccc3F)c3nnnn3c2)c1. The Morgan fingerprint density at radius 2 is 1.89 bits per heavy atom. The maximum Gasteiger partial charge on any atom is 0.183 e. The fourth-order valence-electron chi connectivity index (χ4n) is 3.17. The Hall–Kier alpha value is -3.12. The fraction of sp³-hybridized carbons (Fsp3) is 0.190. The van der Waals surface area contributed by atoms with Crippen LogP contribution in [-0.2, 0) is 13.0 Å². The molecule has 0 aliphatic heterocycles. The van der Waals surface area contributed by atoms with Crippen LogP contribution in [0.2, 0.25) is 0 Å². The summed E-state index contributed by atoms with van der Waals surface area (Å²) in [7, 11) is 0. The van der Waals surface area contributed by atoms with Crippen molar-refractivity contribution < 1.29 is 4.39 Å². The van der Waals surface area contributed by atoms with Crippen LogP contribution in [-0.4, -0.2) is 26.6 Å². The van der Waals surface area contributed by atoms with Crippen molar-refractivity contribution in [2.75, 3.05) is 6.54 Å². The number of tetrazole rings is 1. The number of pyridine rings is 1. The summed E-state index contributed by atoms with van der Waals surface area (Å²) in [5.41, 5.74) is 5.84. The number of hydrogen-bond donors (Lipinski definition) is 1. The number of benzene rings is 2. The molecule has 2 aromatic carbocycles. The smallest absolute Gasteiger partial charge is 0.183 e. The van der Waals surface area contributed by atoms with E-state index in [-0.39, 0.29) is 5.82 Å². The molecule has 4 aromatic rings. The van der Waals surface area contributed by atoms with E-state index < -0.39 is 0 Å². The molecule has 0 atom stereocenters. The first-order valence-electron chi connectivity index (χ1n) is 8.92. The van der Waals surface area contributed by atoms with Crippen LogP contribution < -0.4 is 5.32 Å². The van der Waals surface area contributed by atoms with Crippen LogP contribution in [0.15, 0.2) is 60.8 Å². The summed E-state index contributed by atoms with van der Waals surface area (Å²) in [5, 5.41) is 15.3. The molecule has 0 saturated carbocycles. The second-order valence-corrected chi connectivity index (χ2v) is 6.59. The van der Waals surface area contributed by atoms with Gasteiger partial charge >= 0.3 is 0 Å². The third kappa shape index (κ3) is 3.85. The van der Waals surface area contributed by atoms with Crippen LogP contribution in [0.5, 0.6) is 0 Å². The second kappa shape index (κ2) is 7.63. The van der Waals surface area contributed by atoms with Gasteiger partial charge in [-0.1, -0.05) is 48.0 Å². The zero-order chi connectivity index (χ0) is 18.6.